The Morgan fingerprint density at radius 1 is 1.43 bits per heavy atom. The van der Waals surface area contributed by atoms with Crippen LogP contribution >= 0.6 is 11.6 Å². The molecule has 0 aliphatic heterocycles. The summed E-state index contributed by atoms with van der Waals surface area (Å²) in [5, 5.41) is 4.65. The summed E-state index contributed by atoms with van der Waals surface area (Å²) in [5.41, 5.74) is 1.74. The van der Waals surface area contributed by atoms with E-state index in [1.165, 1.54) is 10.9 Å². The molecule has 80 valence electrons. The smallest absolute Gasteiger partial charge is 0.149 e. The number of aryl methyl sites for hydroxylation is 2. The quantitative estimate of drug-likeness (QED) is 0.793. The van der Waals surface area contributed by atoms with Gasteiger partial charge in [-0.25, -0.2) is 8.42 Å². The molecule has 0 unspecified atom stereocenters. The number of rotatable bonds is 3. The zero-order valence-electron chi connectivity index (χ0n) is 8.41. The van der Waals surface area contributed by atoms with Crippen molar-refractivity contribution in [3.05, 3.63) is 16.4 Å². The van der Waals surface area contributed by atoms with Crippen molar-refractivity contribution in [2.75, 3.05) is 12.0 Å². The summed E-state index contributed by atoms with van der Waals surface area (Å²) in [7, 11) is -2.96. The van der Waals surface area contributed by atoms with Gasteiger partial charge in [0.1, 0.15) is 15.0 Å². The molecule has 0 aliphatic rings. The van der Waals surface area contributed by atoms with E-state index in [1.807, 2.05) is 13.8 Å². The van der Waals surface area contributed by atoms with Gasteiger partial charge in [0, 0.05) is 11.8 Å². The molecule has 1 aromatic rings. The van der Waals surface area contributed by atoms with Crippen molar-refractivity contribution in [2.45, 2.75) is 20.4 Å². The van der Waals surface area contributed by atoms with Crippen LogP contribution < -0.4 is 0 Å². The van der Waals surface area contributed by atoms with Gasteiger partial charge < -0.3 is 0 Å². The molecule has 1 rings (SSSR count). The molecule has 0 saturated carbocycles. The first kappa shape index (κ1) is 11.5. The molecule has 0 bridgehead atoms. The van der Waals surface area contributed by atoms with Crippen LogP contribution in [0.15, 0.2) is 0 Å². The molecule has 0 atom stereocenters. The molecule has 0 radical (unpaired) electrons. The van der Waals surface area contributed by atoms with Gasteiger partial charge in [0.2, 0.25) is 0 Å². The van der Waals surface area contributed by atoms with Crippen LogP contribution in [0.2, 0.25) is 5.15 Å². The van der Waals surface area contributed by atoms with Crippen LogP contribution in [0.4, 0.5) is 0 Å². The van der Waals surface area contributed by atoms with Crippen LogP contribution in [0.1, 0.15) is 11.3 Å². The zero-order valence-corrected chi connectivity index (χ0v) is 9.98. The Morgan fingerprint density at radius 2 is 2.00 bits per heavy atom. The van der Waals surface area contributed by atoms with E-state index < -0.39 is 9.84 Å². The van der Waals surface area contributed by atoms with Gasteiger partial charge in [-0.15, -0.1) is 0 Å². The average Bonchev–Trinajstić information content (AvgIpc) is 2.28. The number of nitrogens with zero attached hydrogens (tertiary/aromatic N) is 2. The second kappa shape index (κ2) is 3.90. The Balaban J connectivity index is 2.83. The van der Waals surface area contributed by atoms with Crippen LogP contribution in [0, 0.1) is 13.8 Å². The molecule has 14 heavy (non-hydrogen) atoms. The highest BCUT2D eigenvalue weighted by molar-refractivity contribution is 7.90. The molecule has 0 aromatic carbocycles. The number of hydrogen-bond acceptors (Lipinski definition) is 3. The van der Waals surface area contributed by atoms with E-state index in [2.05, 4.69) is 5.10 Å². The molecule has 0 spiro atoms. The second-order valence-electron chi connectivity index (χ2n) is 3.35. The van der Waals surface area contributed by atoms with Gasteiger partial charge in [-0.05, 0) is 13.8 Å². The topological polar surface area (TPSA) is 52.0 Å². The standard InChI is InChI=1S/C8H13ClN2O2S/c1-6-7(2)10-11(8(6)9)4-5-14(3,12)13/h4-5H2,1-3H3. The van der Waals surface area contributed by atoms with Crippen molar-refractivity contribution in [2.24, 2.45) is 0 Å². The Bertz CT molecular complexity index is 436. The first-order chi connectivity index (χ1) is 6.31. The molecule has 1 aromatic heterocycles. The highest BCUT2D eigenvalue weighted by Crippen LogP contribution is 2.17. The van der Waals surface area contributed by atoms with E-state index in [1.54, 1.807) is 0 Å². The Labute approximate surface area is 88.8 Å². The van der Waals surface area contributed by atoms with E-state index in [4.69, 9.17) is 11.6 Å². The molecular formula is C8H13ClN2O2S. The van der Waals surface area contributed by atoms with Crippen LogP contribution in [0.3, 0.4) is 0 Å². The maximum absolute atomic E-state index is 10.9. The predicted octanol–water partition coefficient (Wildman–Crippen LogP) is 1.20. The monoisotopic (exact) mass is 236 g/mol. The SMILES string of the molecule is Cc1nn(CCS(C)(=O)=O)c(Cl)c1C. The summed E-state index contributed by atoms with van der Waals surface area (Å²) >= 11 is 5.95. The summed E-state index contributed by atoms with van der Waals surface area (Å²) in [6.45, 7) is 4.02. The number of aromatic nitrogens is 2. The van der Waals surface area contributed by atoms with E-state index in [9.17, 15) is 8.42 Å². The fourth-order valence-electron chi connectivity index (χ4n) is 1.04. The number of halogens is 1. The van der Waals surface area contributed by atoms with Gasteiger partial charge >= 0.3 is 0 Å². The summed E-state index contributed by atoms with van der Waals surface area (Å²) < 4.78 is 23.4. The van der Waals surface area contributed by atoms with Crippen molar-refractivity contribution < 1.29 is 8.42 Å². The van der Waals surface area contributed by atoms with Crippen molar-refractivity contribution in [3.63, 3.8) is 0 Å². The Hall–Kier alpha value is -0.550. The van der Waals surface area contributed by atoms with Crippen LogP contribution in [0.25, 0.3) is 0 Å². The van der Waals surface area contributed by atoms with Crippen LogP contribution in [-0.4, -0.2) is 30.2 Å². The zero-order chi connectivity index (χ0) is 10.9. The van der Waals surface area contributed by atoms with Crippen molar-refractivity contribution in [1.29, 1.82) is 0 Å². The third kappa shape index (κ3) is 2.72. The minimum Gasteiger partial charge on any atom is -0.252 e. The number of hydrogen-bond donors (Lipinski definition) is 0. The second-order valence-corrected chi connectivity index (χ2v) is 5.97. The molecule has 0 saturated heterocycles. The lowest BCUT2D eigenvalue weighted by atomic mass is 10.3. The Morgan fingerprint density at radius 3 is 2.36 bits per heavy atom. The lowest BCUT2D eigenvalue weighted by Crippen LogP contribution is -2.12. The first-order valence-electron chi connectivity index (χ1n) is 4.18. The highest BCUT2D eigenvalue weighted by atomic mass is 35.5. The van der Waals surface area contributed by atoms with Gasteiger partial charge in [0.05, 0.1) is 18.0 Å². The highest BCUT2D eigenvalue weighted by Gasteiger charge is 2.10. The van der Waals surface area contributed by atoms with Crippen molar-refractivity contribution in [1.82, 2.24) is 9.78 Å². The van der Waals surface area contributed by atoms with E-state index in [0.717, 1.165) is 11.3 Å². The summed E-state index contributed by atoms with van der Waals surface area (Å²) in [6.07, 6.45) is 1.20. The van der Waals surface area contributed by atoms with E-state index in [0.29, 0.717) is 11.7 Å². The first-order valence-corrected chi connectivity index (χ1v) is 6.62. The third-order valence-electron chi connectivity index (χ3n) is 2.02. The molecule has 4 nitrogen and oxygen atoms in total. The van der Waals surface area contributed by atoms with Gasteiger partial charge in [-0.3, -0.25) is 4.68 Å². The summed E-state index contributed by atoms with van der Waals surface area (Å²) in [5.74, 6) is 0.0628. The van der Waals surface area contributed by atoms with Gasteiger partial charge in [0.25, 0.3) is 0 Å². The fourth-order valence-corrected chi connectivity index (χ4v) is 1.81. The number of sulfone groups is 1. The van der Waals surface area contributed by atoms with Gasteiger partial charge in [-0.2, -0.15) is 5.10 Å². The normalized spacial score (nSPS) is 12.0. The molecular weight excluding hydrogens is 224 g/mol. The van der Waals surface area contributed by atoms with Gasteiger partial charge in [-0.1, -0.05) is 11.6 Å². The predicted molar refractivity (Wildman–Crippen MR) is 56.4 cm³/mol. The molecule has 0 fully saturated rings. The summed E-state index contributed by atoms with van der Waals surface area (Å²) in [6, 6.07) is 0. The maximum atomic E-state index is 10.9. The minimum atomic E-state index is -2.96. The largest absolute Gasteiger partial charge is 0.252 e. The van der Waals surface area contributed by atoms with E-state index in [-0.39, 0.29) is 5.75 Å². The van der Waals surface area contributed by atoms with Crippen molar-refractivity contribution >= 4 is 21.4 Å². The Kier molecular flexibility index (Phi) is 3.21. The molecule has 0 amide bonds. The molecule has 1 heterocycles. The van der Waals surface area contributed by atoms with Gasteiger partial charge in [0.15, 0.2) is 0 Å². The molecule has 0 N–H and O–H groups in total. The minimum absolute atomic E-state index is 0.0628. The fraction of sp³-hybridized carbons (Fsp3) is 0.625. The van der Waals surface area contributed by atoms with Crippen LogP contribution in [-0.2, 0) is 16.4 Å². The maximum Gasteiger partial charge on any atom is 0.149 e. The molecule has 6 heteroatoms. The summed E-state index contributed by atoms with van der Waals surface area (Å²) in [4.78, 5) is 0. The van der Waals surface area contributed by atoms with E-state index >= 15 is 0 Å². The third-order valence-corrected chi connectivity index (χ3v) is 3.43. The lowest BCUT2D eigenvalue weighted by molar-refractivity contribution is 0.585. The van der Waals surface area contributed by atoms with Crippen molar-refractivity contribution in [3.8, 4) is 0 Å². The molecule has 0 aliphatic carbocycles. The van der Waals surface area contributed by atoms with Crippen LogP contribution in [0.5, 0.6) is 0 Å². The lowest BCUT2D eigenvalue weighted by Gasteiger charge is -2.01. The average molecular weight is 237 g/mol.